The van der Waals surface area contributed by atoms with Gasteiger partial charge >= 0.3 is 0 Å². The van der Waals surface area contributed by atoms with Crippen molar-refractivity contribution in [3.63, 3.8) is 0 Å². The van der Waals surface area contributed by atoms with E-state index in [-0.39, 0.29) is 0 Å². The molecule has 0 aliphatic carbocycles. The maximum absolute atomic E-state index is 5.29. The van der Waals surface area contributed by atoms with Crippen molar-refractivity contribution in [2.75, 3.05) is 31.6 Å². The highest BCUT2D eigenvalue weighted by Gasteiger charge is 2.23. The molecule has 1 saturated heterocycles. The van der Waals surface area contributed by atoms with Crippen LogP contribution in [0.5, 0.6) is 0 Å². The first-order valence-corrected chi connectivity index (χ1v) is 8.35. The minimum atomic E-state index is 0.610. The van der Waals surface area contributed by atoms with Gasteiger partial charge in [0.2, 0.25) is 0 Å². The maximum atomic E-state index is 5.29. The topological polar surface area (TPSA) is 37.4 Å². The third kappa shape index (κ3) is 4.17. The van der Waals surface area contributed by atoms with E-state index >= 15 is 0 Å². The molecule has 0 saturated carbocycles. The Morgan fingerprint density at radius 2 is 2.30 bits per heavy atom. The first kappa shape index (κ1) is 15.7. The predicted octanol–water partition coefficient (Wildman–Crippen LogP) is 2.88. The van der Waals surface area contributed by atoms with Crippen molar-refractivity contribution in [3.05, 3.63) is 10.6 Å². The lowest BCUT2D eigenvalue weighted by molar-refractivity contribution is 0.181. The van der Waals surface area contributed by atoms with Crippen LogP contribution in [0.25, 0.3) is 0 Å². The van der Waals surface area contributed by atoms with E-state index in [2.05, 4.69) is 31.0 Å². The number of ether oxygens (including phenoxy) is 1. The fourth-order valence-electron chi connectivity index (χ4n) is 2.48. The number of nitrogens with one attached hydrogen (secondary N) is 1. The van der Waals surface area contributed by atoms with E-state index in [1.807, 2.05) is 11.3 Å². The second-order valence-corrected chi connectivity index (χ2v) is 7.23. The van der Waals surface area contributed by atoms with Crippen LogP contribution in [0.4, 0.5) is 5.13 Å². The quantitative estimate of drug-likeness (QED) is 0.840. The van der Waals surface area contributed by atoms with Crippen LogP contribution in [0.1, 0.15) is 37.8 Å². The molecule has 1 aromatic rings. The van der Waals surface area contributed by atoms with Crippen LogP contribution in [0.2, 0.25) is 0 Å². The number of anilines is 1. The summed E-state index contributed by atoms with van der Waals surface area (Å²) in [6, 6.07) is 0. The number of methoxy groups -OCH3 is 1. The van der Waals surface area contributed by atoms with Gasteiger partial charge in [0.1, 0.15) is 0 Å². The lowest BCUT2D eigenvalue weighted by Crippen LogP contribution is -2.19. The van der Waals surface area contributed by atoms with Crippen LogP contribution in [0.3, 0.4) is 0 Å². The van der Waals surface area contributed by atoms with Crippen LogP contribution in [-0.2, 0) is 17.9 Å². The summed E-state index contributed by atoms with van der Waals surface area (Å²) >= 11 is 1.82. The van der Waals surface area contributed by atoms with Crippen LogP contribution in [-0.4, -0.2) is 31.7 Å². The number of thiazole rings is 1. The van der Waals surface area contributed by atoms with Crippen LogP contribution in [0.15, 0.2) is 0 Å². The fourth-order valence-corrected chi connectivity index (χ4v) is 3.54. The average molecular weight is 297 g/mol. The number of hydrogen-bond donors (Lipinski definition) is 1. The Balaban J connectivity index is 2.03. The zero-order valence-corrected chi connectivity index (χ0v) is 13.9. The molecular weight excluding hydrogens is 270 g/mol. The lowest BCUT2D eigenvalue weighted by atomic mass is 10.2. The molecule has 0 bridgehead atoms. The lowest BCUT2D eigenvalue weighted by Gasteiger charge is -2.13. The molecule has 1 N–H and O–H groups in total. The monoisotopic (exact) mass is 297 g/mol. The minimum Gasteiger partial charge on any atom is -0.378 e. The van der Waals surface area contributed by atoms with Gasteiger partial charge < -0.3 is 15.0 Å². The van der Waals surface area contributed by atoms with Gasteiger partial charge in [0.15, 0.2) is 5.13 Å². The minimum absolute atomic E-state index is 0.610. The van der Waals surface area contributed by atoms with Crippen molar-refractivity contribution < 1.29 is 4.74 Å². The summed E-state index contributed by atoms with van der Waals surface area (Å²) in [6.45, 7) is 11.6. The molecule has 1 aliphatic rings. The highest BCUT2D eigenvalue weighted by Crippen LogP contribution is 2.30. The van der Waals surface area contributed by atoms with Gasteiger partial charge in [-0.05, 0) is 24.8 Å². The SMILES string of the molecule is COCc1nc(N2CCC(C)C2)sc1CNCC(C)C. The van der Waals surface area contributed by atoms with Gasteiger partial charge in [-0.1, -0.05) is 20.8 Å². The van der Waals surface area contributed by atoms with Crippen molar-refractivity contribution in [2.24, 2.45) is 11.8 Å². The van der Waals surface area contributed by atoms with Gasteiger partial charge in [0.25, 0.3) is 0 Å². The molecule has 0 radical (unpaired) electrons. The smallest absolute Gasteiger partial charge is 0.185 e. The molecule has 114 valence electrons. The average Bonchev–Trinajstić information content (AvgIpc) is 2.97. The number of nitrogens with zero attached hydrogens (tertiary/aromatic N) is 2. The van der Waals surface area contributed by atoms with Gasteiger partial charge in [-0.15, -0.1) is 11.3 Å². The molecule has 4 nitrogen and oxygen atoms in total. The summed E-state index contributed by atoms with van der Waals surface area (Å²) in [7, 11) is 1.74. The molecule has 0 spiro atoms. The van der Waals surface area contributed by atoms with E-state index in [0.717, 1.165) is 37.8 Å². The molecule has 1 atom stereocenters. The fraction of sp³-hybridized carbons (Fsp3) is 0.800. The molecule has 1 fully saturated rings. The zero-order chi connectivity index (χ0) is 14.5. The maximum Gasteiger partial charge on any atom is 0.185 e. The van der Waals surface area contributed by atoms with E-state index in [0.29, 0.717) is 12.5 Å². The summed E-state index contributed by atoms with van der Waals surface area (Å²) in [5.74, 6) is 1.46. The van der Waals surface area contributed by atoms with Crippen LogP contribution >= 0.6 is 11.3 Å². The third-order valence-electron chi connectivity index (χ3n) is 3.58. The molecule has 1 unspecified atom stereocenters. The summed E-state index contributed by atoms with van der Waals surface area (Å²) in [6.07, 6.45) is 1.28. The summed E-state index contributed by atoms with van der Waals surface area (Å²) in [5, 5.41) is 4.68. The number of rotatable bonds is 7. The van der Waals surface area contributed by atoms with Crippen molar-refractivity contribution in [1.29, 1.82) is 0 Å². The summed E-state index contributed by atoms with van der Waals surface area (Å²) in [5.41, 5.74) is 1.10. The Labute approximate surface area is 126 Å². The Bertz CT molecular complexity index is 419. The van der Waals surface area contributed by atoms with Crippen LogP contribution < -0.4 is 10.2 Å². The Hall–Kier alpha value is -0.650. The number of aromatic nitrogens is 1. The molecule has 1 aliphatic heterocycles. The predicted molar refractivity (Wildman–Crippen MR) is 85.4 cm³/mol. The molecule has 0 aromatic carbocycles. The van der Waals surface area contributed by atoms with Crippen LogP contribution in [0, 0.1) is 11.8 Å². The first-order chi connectivity index (χ1) is 9.60. The van der Waals surface area contributed by atoms with E-state index in [4.69, 9.17) is 9.72 Å². The molecule has 20 heavy (non-hydrogen) atoms. The second-order valence-electron chi connectivity index (χ2n) is 6.16. The molecular formula is C15H27N3OS. The van der Waals surface area contributed by atoms with E-state index in [1.54, 1.807) is 7.11 Å². The van der Waals surface area contributed by atoms with Gasteiger partial charge in [-0.2, -0.15) is 0 Å². The summed E-state index contributed by atoms with van der Waals surface area (Å²) in [4.78, 5) is 8.53. The molecule has 0 amide bonds. The Morgan fingerprint density at radius 3 is 2.90 bits per heavy atom. The van der Waals surface area contributed by atoms with E-state index in [9.17, 15) is 0 Å². The third-order valence-corrected chi connectivity index (χ3v) is 4.74. The summed E-state index contributed by atoms with van der Waals surface area (Å²) < 4.78 is 5.29. The standard InChI is InChI=1S/C15H27N3OS/c1-11(2)7-16-8-14-13(10-19-4)17-15(20-14)18-6-5-12(3)9-18/h11-12,16H,5-10H2,1-4H3. The number of hydrogen-bond acceptors (Lipinski definition) is 5. The van der Waals surface area contributed by atoms with Gasteiger partial charge in [-0.25, -0.2) is 4.98 Å². The highest BCUT2D eigenvalue weighted by atomic mass is 32.1. The Morgan fingerprint density at radius 1 is 1.50 bits per heavy atom. The van der Waals surface area contributed by atoms with Crippen molar-refractivity contribution in [2.45, 2.75) is 40.3 Å². The highest BCUT2D eigenvalue weighted by molar-refractivity contribution is 7.15. The molecule has 2 heterocycles. The first-order valence-electron chi connectivity index (χ1n) is 7.53. The zero-order valence-electron chi connectivity index (χ0n) is 13.1. The van der Waals surface area contributed by atoms with Crippen molar-refractivity contribution in [3.8, 4) is 0 Å². The van der Waals surface area contributed by atoms with Crippen molar-refractivity contribution >= 4 is 16.5 Å². The van der Waals surface area contributed by atoms with E-state index < -0.39 is 0 Å². The molecule has 5 heteroatoms. The second kappa shape index (κ2) is 7.38. The van der Waals surface area contributed by atoms with E-state index in [1.165, 1.54) is 16.4 Å². The van der Waals surface area contributed by atoms with Gasteiger partial charge in [0.05, 0.1) is 12.3 Å². The normalized spacial score (nSPS) is 19.2. The molecule has 2 rings (SSSR count). The Kier molecular flexibility index (Phi) is 5.81. The van der Waals surface area contributed by atoms with Gasteiger partial charge in [0, 0.05) is 31.6 Å². The van der Waals surface area contributed by atoms with Gasteiger partial charge in [-0.3, -0.25) is 0 Å². The van der Waals surface area contributed by atoms with Crippen molar-refractivity contribution in [1.82, 2.24) is 10.3 Å². The largest absolute Gasteiger partial charge is 0.378 e. The molecule has 1 aromatic heterocycles.